The summed E-state index contributed by atoms with van der Waals surface area (Å²) in [6.45, 7) is 8.20. The lowest BCUT2D eigenvalue weighted by molar-refractivity contribution is -0.134. The molecule has 1 unspecified atom stereocenters. The van der Waals surface area contributed by atoms with Gasteiger partial charge in [-0.2, -0.15) is 0 Å². The minimum absolute atomic E-state index is 0. The topological polar surface area (TPSA) is 70.8 Å². The predicted octanol–water partition coefficient (Wildman–Crippen LogP) is 0.849. The van der Waals surface area contributed by atoms with Crippen molar-refractivity contribution in [3.8, 4) is 0 Å². The number of hydrogen-bond donors (Lipinski definition) is 1. The molecular formula is C15H26Cl2N4O3. The Balaban J connectivity index is 0.00000144. The van der Waals surface area contributed by atoms with E-state index in [1.165, 1.54) is 0 Å². The Labute approximate surface area is 154 Å². The van der Waals surface area contributed by atoms with Crippen molar-refractivity contribution in [2.75, 3.05) is 45.9 Å². The van der Waals surface area contributed by atoms with Crippen LogP contribution < -0.4 is 5.32 Å². The zero-order chi connectivity index (χ0) is 15.4. The molecule has 7 nitrogen and oxygen atoms in total. The number of carbonyl (C=O) groups is 1. The number of rotatable bonds is 4. The van der Waals surface area contributed by atoms with Crippen LogP contribution >= 0.6 is 24.8 Å². The molecule has 1 N–H and O–H groups in total. The van der Waals surface area contributed by atoms with E-state index in [2.05, 4.69) is 15.4 Å². The Bertz CT molecular complexity index is 501. The number of ether oxygens (including phenoxy) is 1. The highest BCUT2D eigenvalue weighted by Crippen LogP contribution is 2.11. The molecule has 1 amide bonds. The van der Waals surface area contributed by atoms with Gasteiger partial charge in [0.05, 0.1) is 25.5 Å². The summed E-state index contributed by atoms with van der Waals surface area (Å²) in [5.41, 5.74) is 0.908. The summed E-state index contributed by atoms with van der Waals surface area (Å²) in [5.74, 6) is 1.11. The van der Waals surface area contributed by atoms with Crippen LogP contribution in [0.1, 0.15) is 17.9 Å². The molecule has 2 fully saturated rings. The van der Waals surface area contributed by atoms with Crippen LogP contribution in [0, 0.1) is 6.92 Å². The summed E-state index contributed by atoms with van der Waals surface area (Å²) < 4.78 is 10.6. The second-order valence-electron chi connectivity index (χ2n) is 6.02. The van der Waals surface area contributed by atoms with E-state index in [1.54, 1.807) is 0 Å². The molecule has 3 rings (SSSR count). The van der Waals surface area contributed by atoms with Crippen LogP contribution in [0.15, 0.2) is 10.6 Å². The Kier molecular flexibility index (Phi) is 9.01. The van der Waals surface area contributed by atoms with Crippen LogP contribution in [0.25, 0.3) is 0 Å². The third-order valence-corrected chi connectivity index (χ3v) is 4.20. The van der Waals surface area contributed by atoms with Gasteiger partial charge in [0.2, 0.25) is 5.91 Å². The summed E-state index contributed by atoms with van der Waals surface area (Å²) >= 11 is 0. The third kappa shape index (κ3) is 5.89. The molecule has 2 saturated heterocycles. The molecular weight excluding hydrogens is 355 g/mol. The quantitative estimate of drug-likeness (QED) is 0.834. The highest BCUT2D eigenvalue weighted by Gasteiger charge is 2.25. The molecule has 0 saturated carbocycles. The van der Waals surface area contributed by atoms with Gasteiger partial charge in [0, 0.05) is 51.3 Å². The molecule has 0 aromatic carbocycles. The first-order valence-corrected chi connectivity index (χ1v) is 7.94. The molecule has 2 aliphatic heterocycles. The Morgan fingerprint density at radius 3 is 2.67 bits per heavy atom. The molecule has 3 heterocycles. The minimum Gasteiger partial charge on any atom is -0.378 e. The molecule has 1 atom stereocenters. The molecule has 138 valence electrons. The van der Waals surface area contributed by atoms with E-state index in [4.69, 9.17) is 9.26 Å². The highest BCUT2D eigenvalue weighted by atomic mass is 35.5. The van der Waals surface area contributed by atoms with Gasteiger partial charge in [0.25, 0.3) is 0 Å². The summed E-state index contributed by atoms with van der Waals surface area (Å²) in [7, 11) is 0. The SMILES string of the molecule is Cc1cc(CN2CCN(C(=O)CC3COCCN3)CC2)on1.Cl.Cl. The number of carbonyl (C=O) groups excluding carboxylic acids is 1. The lowest BCUT2D eigenvalue weighted by atomic mass is 10.1. The molecule has 9 heteroatoms. The minimum atomic E-state index is 0. The second kappa shape index (κ2) is 10.2. The fourth-order valence-electron chi connectivity index (χ4n) is 2.96. The first-order chi connectivity index (χ1) is 10.7. The fraction of sp³-hybridized carbons (Fsp3) is 0.733. The molecule has 0 bridgehead atoms. The van der Waals surface area contributed by atoms with Crippen molar-refractivity contribution in [3.05, 3.63) is 17.5 Å². The number of amides is 1. The van der Waals surface area contributed by atoms with Crippen molar-refractivity contribution in [3.63, 3.8) is 0 Å². The van der Waals surface area contributed by atoms with Crippen LogP contribution in [0.4, 0.5) is 0 Å². The Hall–Kier alpha value is -0.860. The number of nitrogens with one attached hydrogen (secondary N) is 1. The average Bonchev–Trinajstić information content (AvgIpc) is 2.94. The van der Waals surface area contributed by atoms with E-state index in [9.17, 15) is 4.79 Å². The van der Waals surface area contributed by atoms with E-state index in [1.807, 2.05) is 17.9 Å². The van der Waals surface area contributed by atoms with Gasteiger partial charge < -0.3 is 19.5 Å². The number of halogens is 2. The number of aromatic nitrogens is 1. The summed E-state index contributed by atoms with van der Waals surface area (Å²) in [6, 6.07) is 2.13. The largest absolute Gasteiger partial charge is 0.378 e. The van der Waals surface area contributed by atoms with E-state index in [0.29, 0.717) is 13.0 Å². The van der Waals surface area contributed by atoms with Crippen molar-refractivity contribution in [1.82, 2.24) is 20.3 Å². The monoisotopic (exact) mass is 380 g/mol. The number of aryl methyl sites for hydroxylation is 1. The van der Waals surface area contributed by atoms with Crippen LogP contribution in [0.3, 0.4) is 0 Å². The van der Waals surface area contributed by atoms with E-state index in [-0.39, 0.29) is 36.8 Å². The molecule has 0 radical (unpaired) electrons. The van der Waals surface area contributed by atoms with Gasteiger partial charge >= 0.3 is 0 Å². The van der Waals surface area contributed by atoms with Crippen molar-refractivity contribution >= 4 is 30.7 Å². The zero-order valence-corrected chi connectivity index (χ0v) is 15.5. The van der Waals surface area contributed by atoms with Crippen molar-refractivity contribution in [2.45, 2.75) is 25.9 Å². The van der Waals surface area contributed by atoms with Gasteiger partial charge in [-0.15, -0.1) is 24.8 Å². The van der Waals surface area contributed by atoms with E-state index < -0.39 is 0 Å². The molecule has 0 spiro atoms. The maximum Gasteiger partial charge on any atom is 0.224 e. The maximum atomic E-state index is 12.3. The normalized spacial score (nSPS) is 21.7. The second-order valence-corrected chi connectivity index (χ2v) is 6.02. The van der Waals surface area contributed by atoms with Gasteiger partial charge in [0.15, 0.2) is 5.76 Å². The Morgan fingerprint density at radius 1 is 1.33 bits per heavy atom. The van der Waals surface area contributed by atoms with Gasteiger partial charge in [-0.1, -0.05) is 5.16 Å². The number of piperazine rings is 1. The summed E-state index contributed by atoms with van der Waals surface area (Å²) in [6.07, 6.45) is 0.529. The number of nitrogens with zero attached hydrogens (tertiary/aromatic N) is 3. The van der Waals surface area contributed by atoms with Crippen molar-refractivity contribution in [1.29, 1.82) is 0 Å². The average molecular weight is 381 g/mol. The first kappa shape index (κ1) is 21.2. The standard InChI is InChI=1S/C15H24N4O3.2ClH/c1-12-8-14(22-17-12)10-18-3-5-19(6-4-18)15(20)9-13-11-21-7-2-16-13;;/h8,13,16H,2-7,9-11H2,1H3;2*1H. The van der Waals surface area contributed by atoms with Crippen LogP contribution in [-0.2, 0) is 16.1 Å². The van der Waals surface area contributed by atoms with Gasteiger partial charge in [-0.3, -0.25) is 9.69 Å². The van der Waals surface area contributed by atoms with E-state index in [0.717, 1.165) is 57.3 Å². The van der Waals surface area contributed by atoms with Gasteiger partial charge in [-0.25, -0.2) is 0 Å². The van der Waals surface area contributed by atoms with Crippen molar-refractivity contribution in [2.24, 2.45) is 0 Å². The molecule has 1 aromatic heterocycles. The lowest BCUT2D eigenvalue weighted by Crippen LogP contribution is -2.51. The molecule has 1 aromatic rings. The number of morpholine rings is 1. The van der Waals surface area contributed by atoms with Gasteiger partial charge in [-0.05, 0) is 6.92 Å². The predicted molar refractivity (Wildman–Crippen MR) is 94.8 cm³/mol. The lowest BCUT2D eigenvalue weighted by Gasteiger charge is -2.35. The van der Waals surface area contributed by atoms with Gasteiger partial charge in [0.1, 0.15) is 0 Å². The first-order valence-electron chi connectivity index (χ1n) is 7.94. The van der Waals surface area contributed by atoms with Crippen LogP contribution in [0.5, 0.6) is 0 Å². The summed E-state index contributed by atoms with van der Waals surface area (Å²) in [5, 5.41) is 7.24. The maximum absolute atomic E-state index is 12.3. The molecule has 0 aliphatic carbocycles. The van der Waals surface area contributed by atoms with E-state index >= 15 is 0 Å². The number of hydrogen-bond acceptors (Lipinski definition) is 6. The van der Waals surface area contributed by atoms with Crippen LogP contribution in [0.2, 0.25) is 0 Å². The third-order valence-electron chi connectivity index (χ3n) is 4.20. The zero-order valence-electron chi connectivity index (χ0n) is 13.9. The van der Waals surface area contributed by atoms with Crippen molar-refractivity contribution < 1.29 is 14.1 Å². The Morgan fingerprint density at radius 2 is 2.08 bits per heavy atom. The fourth-order valence-corrected chi connectivity index (χ4v) is 2.96. The highest BCUT2D eigenvalue weighted by molar-refractivity contribution is 5.85. The smallest absolute Gasteiger partial charge is 0.224 e. The molecule has 24 heavy (non-hydrogen) atoms. The molecule has 2 aliphatic rings. The van der Waals surface area contributed by atoms with Crippen LogP contribution in [-0.4, -0.2) is 72.8 Å². The summed E-state index contributed by atoms with van der Waals surface area (Å²) in [4.78, 5) is 16.6.